The lowest BCUT2D eigenvalue weighted by Gasteiger charge is -2.26. The SMILES string of the molecule is Cc1cc(NC(=O)CSC2=CC=NC3=[N+](C)C(=O)N(C)C(=O)C23)no1. The first-order valence-electron chi connectivity index (χ1n) is 7.41. The lowest BCUT2D eigenvalue weighted by atomic mass is 10.0. The summed E-state index contributed by atoms with van der Waals surface area (Å²) in [4.78, 5) is 42.4. The molecule has 1 aromatic heterocycles. The highest BCUT2D eigenvalue weighted by molar-refractivity contribution is 8.03. The Balaban J connectivity index is 1.71. The van der Waals surface area contributed by atoms with E-state index in [0.717, 1.165) is 4.90 Å². The molecule has 25 heavy (non-hydrogen) atoms. The van der Waals surface area contributed by atoms with Gasteiger partial charge in [0, 0.05) is 11.0 Å². The molecule has 0 saturated heterocycles. The second kappa shape index (κ2) is 6.63. The number of rotatable bonds is 4. The molecule has 0 spiro atoms. The highest BCUT2D eigenvalue weighted by Crippen LogP contribution is 2.31. The maximum Gasteiger partial charge on any atom is 0.445 e. The summed E-state index contributed by atoms with van der Waals surface area (Å²) >= 11 is 1.22. The van der Waals surface area contributed by atoms with Crippen molar-refractivity contribution >= 4 is 47.5 Å². The van der Waals surface area contributed by atoms with E-state index in [-0.39, 0.29) is 17.6 Å². The Hall–Kier alpha value is -2.75. The minimum absolute atomic E-state index is 0.0873. The molecule has 4 amide bonds. The van der Waals surface area contributed by atoms with E-state index >= 15 is 0 Å². The molecule has 9 nitrogen and oxygen atoms in total. The maximum atomic E-state index is 12.5. The minimum Gasteiger partial charge on any atom is -0.360 e. The van der Waals surface area contributed by atoms with E-state index < -0.39 is 11.9 Å². The quantitative estimate of drug-likeness (QED) is 0.797. The van der Waals surface area contributed by atoms with E-state index in [1.165, 1.54) is 29.6 Å². The topological polar surface area (TPSA) is 108 Å². The number of hydrogen-bond acceptors (Lipinski definition) is 7. The predicted octanol–water partition coefficient (Wildman–Crippen LogP) is 0.872. The van der Waals surface area contributed by atoms with Crippen LogP contribution in [-0.4, -0.2) is 64.4 Å². The largest absolute Gasteiger partial charge is 0.445 e. The molecule has 1 atom stereocenters. The normalized spacial score (nSPS) is 19.9. The maximum absolute atomic E-state index is 12.5. The lowest BCUT2D eigenvalue weighted by molar-refractivity contribution is -0.407. The van der Waals surface area contributed by atoms with Crippen molar-refractivity contribution in [2.24, 2.45) is 10.9 Å². The number of aromatic nitrogens is 1. The van der Waals surface area contributed by atoms with Gasteiger partial charge in [-0.05, 0) is 13.0 Å². The highest BCUT2D eigenvalue weighted by Gasteiger charge is 2.47. The smallest absolute Gasteiger partial charge is 0.360 e. The second-order valence-electron chi connectivity index (χ2n) is 5.54. The molecule has 1 aromatic rings. The second-order valence-corrected chi connectivity index (χ2v) is 6.59. The molecule has 0 bridgehead atoms. The third-order valence-corrected chi connectivity index (χ3v) is 4.86. The highest BCUT2D eigenvalue weighted by atomic mass is 32.2. The Labute approximate surface area is 147 Å². The zero-order valence-corrected chi connectivity index (χ0v) is 14.7. The number of thioether (sulfide) groups is 1. The van der Waals surface area contributed by atoms with Crippen molar-refractivity contribution in [2.45, 2.75) is 6.92 Å². The van der Waals surface area contributed by atoms with E-state index in [1.54, 1.807) is 26.1 Å². The fraction of sp³-hybridized carbons (Fsp3) is 0.333. The third-order valence-electron chi connectivity index (χ3n) is 3.75. The van der Waals surface area contributed by atoms with E-state index in [4.69, 9.17) is 4.52 Å². The van der Waals surface area contributed by atoms with Crippen LogP contribution in [0.5, 0.6) is 0 Å². The molecule has 2 aliphatic rings. The first kappa shape index (κ1) is 17.1. The molecule has 10 heteroatoms. The number of amides is 4. The molecule has 130 valence electrons. The number of aryl methyl sites for hydroxylation is 1. The zero-order chi connectivity index (χ0) is 18.1. The molecule has 2 aliphatic heterocycles. The first-order valence-corrected chi connectivity index (χ1v) is 8.39. The summed E-state index contributed by atoms with van der Waals surface area (Å²) < 4.78 is 6.23. The summed E-state index contributed by atoms with van der Waals surface area (Å²) in [6.07, 6.45) is 3.21. The number of hydrogen-bond donors (Lipinski definition) is 1. The summed E-state index contributed by atoms with van der Waals surface area (Å²) in [5.74, 6) is 0.0792. The van der Waals surface area contributed by atoms with Gasteiger partial charge in [-0.15, -0.1) is 16.8 Å². The molecular formula is C15H16N5O4S+. The van der Waals surface area contributed by atoms with E-state index in [2.05, 4.69) is 15.5 Å². The molecule has 3 rings (SSSR count). The van der Waals surface area contributed by atoms with Crippen LogP contribution in [0.25, 0.3) is 0 Å². The molecule has 0 aliphatic carbocycles. The summed E-state index contributed by atoms with van der Waals surface area (Å²) in [6.45, 7) is 1.73. The molecule has 0 aromatic carbocycles. The van der Waals surface area contributed by atoms with E-state index in [9.17, 15) is 14.4 Å². The Morgan fingerprint density at radius 2 is 2.24 bits per heavy atom. The van der Waals surface area contributed by atoms with Gasteiger partial charge in [-0.1, -0.05) is 5.16 Å². The number of aliphatic imine (C=N–C) groups is 1. The van der Waals surface area contributed by atoms with Crippen molar-refractivity contribution in [1.82, 2.24) is 10.1 Å². The molecule has 1 unspecified atom stereocenters. The van der Waals surface area contributed by atoms with Crippen molar-refractivity contribution in [3.05, 3.63) is 22.8 Å². The van der Waals surface area contributed by atoms with Crippen LogP contribution in [0.15, 0.2) is 26.6 Å². The monoisotopic (exact) mass is 362 g/mol. The molecule has 3 heterocycles. The summed E-state index contributed by atoms with van der Waals surface area (Å²) in [6, 6.07) is 1.18. The summed E-state index contributed by atoms with van der Waals surface area (Å²) in [5.41, 5.74) is 0. The molecule has 0 radical (unpaired) electrons. The minimum atomic E-state index is -0.676. The van der Waals surface area contributed by atoms with Crippen molar-refractivity contribution in [3.63, 3.8) is 0 Å². The van der Waals surface area contributed by atoms with E-state index in [0.29, 0.717) is 22.3 Å². The van der Waals surface area contributed by atoms with Crippen LogP contribution in [0, 0.1) is 12.8 Å². The van der Waals surface area contributed by atoms with Crippen molar-refractivity contribution in [1.29, 1.82) is 0 Å². The van der Waals surface area contributed by atoms with Gasteiger partial charge in [0.15, 0.2) is 11.7 Å². The van der Waals surface area contributed by atoms with Crippen LogP contribution in [0.4, 0.5) is 10.6 Å². The van der Waals surface area contributed by atoms with Crippen molar-refractivity contribution < 1.29 is 23.5 Å². The number of dihydropyridines is 1. The number of imide groups is 1. The lowest BCUT2D eigenvalue weighted by Crippen LogP contribution is -2.52. The fourth-order valence-corrected chi connectivity index (χ4v) is 3.39. The number of anilines is 1. The number of carbonyl (C=O) groups is 3. The average molecular weight is 362 g/mol. The Kier molecular flexibility index (Phi) is 4.53. The summed E-state index contributed by atoms with van der Waals surface area (Å²) in [5, 5.41) is 6.31. The number of nitrogens with zero attached hydrogens (tertiary/aromatic N) is 4. The Morgan fingerprint density at radius 1 is 1.48 bits per heavy atom. The first-order chi connectivity index (χ1) is 11.9. The molecule has 0 fully saturated rings. The number of nitrogens with one attached hydrogen (secondary N) is 1. The van der Waals surface area contributed by atoms with Crippen LogP contribution < -0.4 is 5.32 Å². The van der Waals surface area contributed by atoms with Crippen LogP contribution in [0.3, 0.4) is 0 Å². The van der Waals surface area contributed by atoms with Gasteiger partial charge in [0.2, 0.25) is 5.91 Å². The molecular weight excluding hydrogens is 346 g/mol. The van der Waals surface area contributed by atoms with Crippen LogP contribution >= 0.6 is 11.8 Å². The number of carbonyl (C=O) groups excluding carboxylic acids is 3. The predicted molar refractivity (Wildman–Crippen MR) is 91.8 cm³/mol. The fourth-order valence-electron chi connectivity index (χ4n) is 2.49. The number of fused-ring (bicyclic) bond motifs is 1. The van der Waals surface area contributed by atoms with Gasteiger partial charge < -0.3 is 9.84 Å². The van der Waals surface area contributed by atoms with Crippen LogP contribution in [0.1, 0.15) is 5.76 Å². The average Bonchev–Trinajstić information content (AvgIpc) is 3.00. The Morgan fingerprint density at radius 3 is 2.92 bits per heavy atom. The molecule has 0 saturated carbocycles. The number of allylic oxidation sites excluding steroid dienone is 1. The zero-order valence-electron chi connectivity index (χ0n) is 13.8. The number of amidine groups is 1. The third kappa shape index (κ3) is 3.25. The van der Waals surface area contributed by atoms with Gasteiger partial charge in [0.25, 0.3) is 5.84 Å². The van der Waals surface area contributed by atoms with Crippen LogP contribution in [-0.2, 0) is 9.59 Å². The van der Waals surface area contributed by atoms with Gasteiger partial charge in [-0.3, -0.25) is 9.59 Å². The summed E-state index contributed by atoms with van der Waals surface area (Å²) in [7, 11) is 3.00. The van der Waals surface area contributed by atoms with Gasteiger partial charge in [0.1, 0.15) is 12.0 Å². The van der Waals surface area contributed by atoms with Gasteiger partial charge >= 0.3 is 11.9 Å². The molecule has 1 N–H and O–H groups in total. The Bertz CT molecular complexity index is 854. The standard InChI is InChI=1S/C15H15N5O4S/c1-8-6-10(18-24-8)17-11(21)7-25-9-4-5-16-13-12(9)14(22)20(3)15(23)19(13)2/h4-6,12H,7H2,1-3H3/p+1. The van der Waals surface area contributed by atoms with Gasteiger partial charge in [0.05, 0.1) is 19.8 Å². The number of urea groups is 1. The van der Waals surface area contributed by atoms with E-state index in [1.807, 2.05) is 0 Å². The van der Waals surface area contributed by atoms with Gasteiger partial charge in [-0.25, -0.2) is 4.79 Å². The van der Waals surface area contributed by atoms with Crippen molar-refractivity contribution in [3.8, 4) is 0 Å². The van der Waals surface area contributed by atoms with Crippen LogP contribution in [0.2, 0.25) is 0 Å². The van der Waals surface area contributed by atoms with Crippen molar-refractivity contribution in [2.75, 3.05) is 25.2 Å². The van der Waals surface area contributed by atoms with Gasteiger partial charge in [-0.2, -0.15) is 9.48 Å².